The fourth-order valence-corrected chi connectivity index (χ4v) is 2.66. The Morgan fingerprint density at radius 1 is 1.33 bits per heavy atom. The second-order valence-electron chi connectivity index (χ2n) is 6.13. The summed E-state index contributed by atoms with van der Waals surface area (Å²) in [4.78, 5) is 6.34. The van der Waals surface area contributed by atoms with Gasteiger partial charge in [0.25, 0.3) is 0 Å². The third kappa shape index (κ3) is 7.78. The molecule has 154 valence electrons. The van der Waals surface area contributed by atoms with Crippen LogP contribution in [0.25, 0.3) is 0 Å². The van der Waals surface area contributed by atoms with E-state index in [-0.39, 0.29) is 42.2 Å². The van der Waals surface area contributed by atoms with Crippen LogP contribution in [0.3, 0.4) is 0 Å². The summed E-state index contributed by atoms with van der Waals surface area (Å²) in [5, 5.41) is 6.07. The third-order valence-electron chi connectivity index (χ3n) is 3.97. The third-order valence-corrected chi connectivity index (χ3v) is 3.97. The van der Waals surface area contributed by atoms with Gasteiger partial charge in [-0.3, -0.25) is 0 Å². The number of ether oxygens (including phenoxy) is 1. The van der Waals surface area contributed by atoms with Crippen LogP contribution < -0.4 is 10.6 Å². The molecule has 2 N–H and O–H groups in total. The number of nitrogens with zero attached hydrogens (tertiary/aromatic N) is 2. The molecule has 1 aliphatic heterocycles. The zero-order valence-corrected chi connectivity index (χ0v) is 17.6. The van der Waals surface area contributed by atoms with Gasteiger partial charge in [0.1, 0.15) is 5.82 Å². The summed E-state index contributed by atoms with van der Waals surface area (Å²) < 4.78 is 58.0. The molecule has 1 unspecified atom stereocenters. The van der Waals surface area contributed by atoms with Crippen molar-refractivity contribution in [1.82, 2.24) is 15.5 Å². The minimum Gasteiger partial charge on any atom is -0.374 e. The Labute approximate surface area is 173 Å². The van der Waals surface area contributed by atoms with E-state index in [0.717, 1.165) is 25.2 Å². The van der Waals surface area contributed by atoms with Gasteiger partial charge in [-0.1, -0.05) is 6.07 Å². The number of aliphatic imine (C=N–C) groups is 1. The lowest BCUT2D eigenvalue weighted by Crippen LogP contribution is -2.48. The van der Waals surface area contributed by atoms with E-state index in [2.05, 4.69) is 20.5 Å². The maximum Gasteiger partial charge on any atom is 0.416 e. The van der Waals surface area contributed by atoms with Crippen LogP contribution in [-0.2, 0) is 17.5 Å². The minimum atomic E-state index is -4.63. The van der Waals surface area contributed by atoms with Crippen molar-refractivity contribution in [2.75, 3.05) is 39.8 Å². The van der Waals surface area contributed by atoms with Gasteiger partial charge < -0.3 is 20.3 Å². The zero-order valence-electron chi connectivity index (χ0n) is 15.3. The number of likely N-dealkylation sites (N-methyl/N-ethyl adjacent to an activating group) is 1. The second kappa shape index (κ2) is 11.0. The number of morpholine rings is 1. The average molecular weight is 504 g/mol. The molecule has 0 spiro atoms. The Balaban J connectivity index is 0.00000364. The summed E-state index contributed by atoms with van der Waals surface area (Å²) in [5.74, 6) is -0.532. The zero-order chi connectivity index (χ0) is 19.2. The molecule has 10 heteroatoms. The number of halogens is 5. The van der Waals surface area contributed by atoms with Gasteiger partial charge >= 0.3 is 6.18 Å². The molecule has 1 aromatic carbocycles. The van der Waals surface area contributed by atoms with Gasteiger partial charge in [-0.25, -0.2) is 9.38 Å². The first-order valence-corrected chi connectivity index (χ1v) is 8.47. The van der Waals surface area contributed by atoms with Crippen molar-refractivity contribution in [3.63, 3.8) is 0 Å². The molecule has 0 saturated carbocycles. The molecule has 1 aromatic rings. The van der Waals surface area contributed by atoms with E-state index < -0.39 is 17.6 Å². The number of guanidine groups is 1. The predicted molar refractivity (Wildman–Crippen MR) is 107 cm³/mol. The molecule has 0 aromatic heterocycles. The molecule has 1 aliphatic rings. The first kappa shape index (κ1) is 23.9. The van der Waals surface area contributed by atoms with E-state index in [1.165, 1.54) is 0 Å². The Bertz CT molecular complexity index is 627. The molecule has 5 nitrogen and oxygen atoms in total. The summed E-state index contributed by atoms with van der Waals surface area (Å²) in [6.07, 6.45) is -4.65. The SMILES string of the molecule is CCNC(=NCc1ccc(F)cc1C(F)(F)F)NCC1CN(C)CCO1.I. The predicted octanol–water partition coefficient (Wildman–Crippen LogP) is 2.85. The van der Waals surface area contributed by atoms with Gasteiger partial charge in [-0.05, 0) is 31.7 Å². The van der Waals surface area contributed by atoms with Crippen LogP contribution in [0.4, 0.5) is 17.6 Å². The molecule has 1 heterocycles. The van der Waals surface area contributed by atoms with E-state index >= 15 is 0 Å². The Morgan fingerprint density at radius 2 is 2.07 bits per heavy atom. The van der Waals surface area contributed by atoms with Gasteiger partial charge in [0.2, 0.25) is 0 Å². The molecule has 0 aliphatic carbocycles. The molecular weight excluding hydrogens is 479 g/mol. The summed E-state index contributed by atoms with van der Waals surface area (Å²) in [7, 11) is 2.00. The van der Waals surface area contributed by atoms with Crippen molar-refractivity contribution in [3.8, 4) is 0 Å². The highest BCUT2D eigenvalue weighted by molar-refractivity contribution is 14.0. The molecule has 0 radical (unpaired) electrons. The van der Waals surface area contributed by atoms with Crippen molar-refractivity contribution in [2.45, 2.75) is 25.7 Å². The molecule has 27 heavy (non-hydrogen) atoms. The van der Waals surface area contributed by atoms with Crippen molar-refractivity contribution >= 4 is 29.9 Å². The lowest BCUT2D eigenvalue weighted by molar-refractivity contribution is -0.138. The van der Waals surface area contributed by atoms with Crippen molar-refractivity contribution in [3.05, 3.63) is 35.1 Å². The maximum atomic E-state index is 13.2. The number of alkyl halides is 3. The minimum absolute atomic E-state index is 0. The Morgan fingerprint density at radius 3 is 2.70 bits per heavy atom. The second-order valence-corrected chi connectivity index (χ2v) is 6.13. The molecule has 2 rings (SSSR count). The highest BCUT2D eigenvalue weighted by atomic mass is 127. The lowest BCUT2D eigenvalue weighted by atomic mass is 10.1. The molecule has 0 amide bonds. The van der Waals surface area contributed by atoms with E-state index in [1.54, 1.807) is 0 Å². The van der Waals surface area contributed by atoms with Crippen molar-refractivity contribution < 1.29 is 22.3 Å². The lowest BCUT2D eigenvalue weighted by Gasteiger charge is -2.30. The molecule has 0 bridgehead atoms. The van der Waals surface area contributed by atoms with Crippen LogP contribution >= 0.6 is 24.0 Å². The summed E-state index contributed by atoms with van der Waals surface area (Å²) >= 11 is 0. The highest BCUT2D eigenvalue weighted by Crippen LogP contribution is 2.32. The highest BCUT2D eigenvalue weighted by Gasteiger charge is 2.33. The summed E-state index contributed by atoms with van der Waals surface area (Å²) in [5.41, 5.74) is -1.08. The van der Waals surface area contributed by atoms with E-state index in [0.29, 0.717) is 31.7 Å². The van der Waals surface area contributed by atoms with Crippen LogP contribution in [0.15, 0.2) is 23.2 Å². The normalized spacial score (nSPS) is 18.7. The van der Waals surface area contributed by atoms with E-state index in [1.807, 2.05) is 14.0 Å². The quantitative estimate of drug-likeness (QED) is 0.281. The fraction of sp³-hybridized carbons (Fsp3) is 0.588. The maximum absolute atomic E-state index is 13.2. The largest absolute Gasteiger partial charge is 0.416 e. The first-order chi connectivity index (χ1) is 12.3. The van der Waals surface area contributed by atoms with E-state index in [4.69, 9.17) is 4.74 Å². The van der Waals surface area contributed by atoms with Gasteiger partial charge in [0.05, 0.1) is 24.8 Å². The van der Waals surface area contributed by atoms with Crippen molar-refractivity contribution in [1.29, 1.82) is 0 Å². The van der Waals surface area contributed by atoms with Gasteiger partial charge in [-0.2, -0.15) is 13.2 Å². The topological polar surface area (TPSA) is 48.9 Å². The average Bonchev–Trinajstić information content (AvgIpc) is 2.57. The number of hydrogen-bond acceptors (Lipinski definition) is 3. The van der Waals surface area contributed by atoms with Crippen LogP contribution in [0, 0.1) is 5.82 Å². The number of rotatable bonds is 5. The smallest absolute Gasteiger partial charge is 0.374 e. The Kier molecular flexibility index (Phi) is 9.74. The Hall–Kier alpha value is -1.14. The van der Waals surface area contributed by atoms with Crippen LogP contribution in [-0.4, -0.2) is 56.8 Å². The number of benzene rings is 1. The standard InChI is InChI=1S/C17H24F4N4O.HI/c1-3-22-16(24-10-14-11-25(2)6-7-26-14)23-9-12-4-5-13(18)8-15(12)17(19,20)21;/h4-5,8,14H,3,6-7,9-11H2,1-2H3,(H2,22,23,24);1H. The molecule has 1 saturated heterocycles. The molecule has 1 fully saturated rings. The molecular formula is C17H25F4IN4O. The summed E-state index contributed by atoms with van der Waals surface area (Å²) in [6, 6.07) is 2.62. The number of nitrogens with one attached hydrogen (secondary N) is 2. The van der Waals surface area contributed by atoms with Crippen LogP contribution in [0.2, 0.25) is 0 Å². The van der Waals surface area contributed by atoms with Crippen molar-refractivity contribution in [2.24, 2.45) is 4.99 Å². The van der Waals surface area contributed by atoms with Gasteiger partial charge in [0, 0.05) is 26.2 Å². The van der Waals surface area contributed by atoms with Gasteiger partial charge in [0.15, 0.2) is 5.96 Å². The molecule has 1 atom stereocenters. The van der Waals surface area contributed by atoms with Crippen LogP contribution in [0.1, 0.15) is 18.1 Å². The number of hydrogen-bond donors (Lipinski definition) is 2. The fourth-order valence-electron chi connectivity index (χ4n) is 2.66. The van der Waals surface area contributed by atoms with Crippen LogP contribution in [0.5, 0.6) is 0 Å². The monoisotopic (exact) mass is 504 g/mol. The first-order valence-electron chi connectivity index (χ1n) is 8.47. The van der Waals surface area contributed by atoms with E-state index in [9.17, 15) is 17.6 Å². The van der Waals surface area contributed by atoms with Gasteiger partial charge in [-0.15, -0.1) is 24.0 Å². The summed E-state index contributed by atoms with van der Waals surface area (Å²) in [6.45, 7) is 4.98.